The fraction of sp³-hybridized carbons (Fsp3) is 0.467. The number of rotatable bonds is 2. The average Bonchev–Trinajstić information content (AvgIpc) is 2.49. The summed E-state index contributed by atoms with van der Waals surface area (Å²) < 4.78 is 0. The highest BCUT2D eigenvalue weighted by molar-refractivity contribution is 5.90. The normalized spacial score (nSPS) is 29.6. The third-order valence-corrected chi connectivity index (χ3v) is 4.55. The standard InChI is InChI=1S/C15H18N4/c1-2-4-13-12(3-1)9-16-18-15(13)17-14-10-19-7-5-11(14)6-8-19/h1-4,9,11,14H,5-8,10H2,(H,17,18). The van der Waals surface area contributed by atoms with E-state index in [0.717, 1.165) is 23.7 Å². The monoisotopic (exact) mass is 254 g/mol. The fourth-order valence-corrected chi connectivity index (χ4v) is 3.44. The summed E-state index contributed by atoms with van der Waals surface area (Å²) >= 11 is 0. The molecule has 0 saturated carbocycles. The Hall–Kier alpha value is -1.68. The van der Waals surface area contributed by atoms with E-state index in [0.29, 0.717) is 6.04 Å². The molecule has 2 aromatic rings. The molecule has 0 amide bonds. The maximum absolute atomic E-state index is 4.30. The fourth-order valence-electron chi connectivity index (χ4n) is 3.44. The number of hydrogen-bond acceptors (Lipinski definition) is 4. The van der Waals surface area contributed by atoms with Crippen LogP contribution in [0, 0.1) is 5.92 Å². The summed E-state index contributed by atoms with van der Waals surface area (Å²) in [6, 6.07) is 8.84. The highest BCUT2D eigenvalue weighted by Gasteiger charge is 2.34. The molecule has 1 aromatic carbocycles. The lowest BCUT2D eigenvalue weighted by molar-refractivity contribution is 0.0974. The molecule has 3 fully saturated rings. The molecule has 2 bridgehead atoms. The smallest absolute Gasteiger partial charge is 0.156 e. The number of nitrogens with zero attached hydrogens (tertiary/aromatic N) is 3. The van der Waals surface area contributed by atoms with E-state index in [1.54, 1.807) is 0 Å². The minimum Gasteiger partial charge on any atom is -0.364 e. The van der Waals surface area contributed by atoms with Crippen molar-refractivity contribution >= 4 is 16.6 Å². The Balaban J connectivity index is 1.65. The number of anilines is 1. The van der Waals surface area contributed by atoms with Gasteiger partial charge in [-0.3, -0.25) is 0 Å². The summed E-state index contributed by atoms with van der Waals surface area (Å²) in [5, 5.41) is 14.4. The molecule has 1 aromatic heterocycles. The Morgan fingerprint density at radius 2 is 2.00 bits per heavy atom. The summed E-state index contributed by atoms with van der Waals surface area (Å²) in [6.07, 6.45) is 4.46. The molecule has 1 N–H and O–H groups in total. The Labute approximate surface area is 112 Å². The quantitative estimate of drug-likeness (QED) is 0.891. The van der Waals surface area contributed by atoms with Crippen LogP contribution in [0.25, 0.3) is 10.8 Å². The van der Waals surface area contributed by atoms with Gasteiger partial charge in [0.05, 0.1) is 6.20 Å². The second kappa shape index (κ2) is 4.46. The van der Waals surface area contributed by atoms with E-state index in [-0.39, 0.29) is 0 Å². The second-order valence-electron chi connectivity index (χ2n) is 5.67. The topological polar surface area (TPSA) is 41.0 Å². The Morgan fingerprint density at radius 3 is 2.79 bits per heavy atom. The van der Waals surface area contributed by atoms with Crippen molar-refractivity contribution in [2.75, 3.05) is 25.0 Å². The van der Waals surface area contributed by atoms with E-state index in [9.17, 15) is 0 Å². The molecule has 0 aliphatic carbocycles. The van der Waals surface area contributed by atoms with Crippen LogP contribution in [-0.2, 0) is 0 Å². The number of hydrogen-bond donors (Lipinski definition) is 1. The Bertz CT molecular complexity index is 584. The average molecular weight is 254 g/mol. The lowest BCUT2D eigenvalue weighted by Gasteiger charge is -2.45. The molecular weight excluding hydrogens is 236 g/mol. The first-order chi connectivity index (χ1) is 9.40. The van der Waals surface area contributed by atoms with Crippen LogP contribution < -0.4 is 5.32 Å². The van der Waals surface area contributed by atoms with E-state index >= 15 is 0 Å². The molecule has 19 heavy (non-hydrogen) atoms. The lowest BCUT2D eigenvalue weighted by atomic mass is 9.84. The van der Waals surface area contributed by atoms with Gasteiger partial charge in [0.15, 0.2) is 5.82 Å². The van der Waals surface area contributed by atoms with Crippen molar-refractivity contribution in [3.8, 4) is 0 Å². The maximum atomic E-state index is 4.30. The van der Waals surface area contributed by atoms with Gasteiger partial charge in [0, 0.05) is 23.4 Å². The van der Waals surface area contributed by atoms with Crippen LogP contribution in [0.1, 0.15) is 12.8 Å². The van der Waals surface area contributed by atoms with Gasteiger partial charge < -0.3 is 10.2 Å². The highest BCUT2D eigenvalue weighted by Crippen LogP contribution is 2.30. The van der Waals surface area contributed by atoms with Gasteiger partial charge in [-0.05, 0) is 31.8 Å². The Morgan fingerprint density at radius 1 is 1.16 bits per heavy atom. The highest BCUT2D eigenvalue weighted by atomic mass is 15.2. The third kappa shape index (κ3) is 1.96. The van der Waals surface area contributed by atoms with Gasteiger partial charge in [-0.25, -0.2) is 0 Å². The zero-order valence-electron chi connectivity index (χ0n) is 10.9. The van der Waals surface area contributed by atoms with Crippen LogP contribution in [0.5, 0.6) is 0 Å². The van der Waals surface area contributed by atoms with E-state index < -0.39 is 0 Å². The van der Waals surface area contributed by atoms with Crippen molar-refractivity contribution in [3.63, 3.8) is 0 Å². The first-order valence-corrected chi connectivity index (χ1v) is 7.09. The van der Waals surface area contributed by atoms with Crippen molar-refractivity contribution < 1.29 is 0 Å². The summed E-state index contributed by atoms with van der Waals surface area (Å²) in [7, 11) is 0. The van der Waals surface area contributed by atoms with Gasteiger partial charge in [-0.2, -0.15) is 5.10 Å². The predicted octanol–water partition coefficient (Wildman–Crippen LogP) is 2.14. The molecule has 1 atom stereocenters. The number of piperidine rings is 3. The molecule has 3 aliphatic heterocycles. The minimum atomic E-state index is 0.530. The van der Waals surface area contributed by atoms with Crippen LogP contribution in [0.2, 0.25) is 0 Å². The van der Waals surface area contributed by atoms with Crippen LogP contribution in [0.4, 0.5) is 5.82 Å². The maximum Gasteiger partial charge on any atom is 0.156 e. The third-order valence-electron chi connectivity index (χ3n) is 4.55. The molecule has 5 rings (SSSR count). The summed E-state index contributed by atoms with van der Waals surface area (Å²) in [5.41, 5.74) is 0. The van der Waals surface area contributed by atoms with Crippen LogP contribution >= 0.6 is 0 Å². The van der Waals surface area contributed by atoms with Crippen LogP contribution in [0.3, 0.4) is 0 Å². The van der Waals surface area contributed by atoms with Gasteiger partial charge in [-0.15, -0.1) is 5.10 Å². The predicted molar refractivity (Wildman–Crippen MR) is 76.1 cm³/mol. The molecule has 1 unspecified atom stereocenters. The largest absolute Gasteiger partial charge is 0.364 e. The van der Waals surface area contributed by atoms with Crippen LogP contribution in [0.15, 0.2) is 30.5 Å². The van der Waals surface area contributed by atoms with Crippen molar-refractivity contribution in [1.82, 2.24) is 15.1 Å². The summed E-state index contributed by atoms with van der Waals surface area (Å²) in [4.78, 5) is 2.55. The minimum absolute atomic E-state index is 0.530. The molecule has 4 heteroatoms. The second-order valence-corrected chi connectivity index (χ2v) is 5.67. The summed E-state index contributed by atoms with van der Waals surface area (Å²) in [5.74, 6) is 1.74. The number of aromatic nitrogens is 2. The van der Waals surface area contributed by atoms with E-state index in [1.165, 1.54) is 31.3 Å². The zero-order valence-corrected chi connectivity index (χ0v) is 10.9. The molecule has 0 spiro atoms. The molecule has 98 valence electrons. The summed E-state index contributed by atoms with van der Waals surface area (Å²) in [6.45, 7) is 3.68. The Kier molecular flexibility index (Phi) is 2.62. The van der Waals surface area contributed by atoms with Gasteiger partial charge in [0.25, 0.3) is 0 Å². The number of benzene rings is 1. The first kappa shape index (κ1) is 11.2. The zero-order chi connectivity index (χ0) is 12.7. The first-order valence-electron chi connectivity index (χ1n) is 7.09. The van der Waals surface area contributed by atoms with Crippen LogP contribution in [-0.4, -0.2) is 40.8 Å². The van der Waals surface area contributed by atoms with Crippen molar-refractivity contribution in [3.05, 3.63) is 30.5 Å². The molecule has 4 heterocycles. The van der Waals surface area contributed by atoms with Gasteiger partial charge in [0.1, 0.15) is 0 Å². The van der Waals surface area contributed by atoms with E-state index in [4.69, 9.17) is 0 Å². The van der Waals surface area contributed by atoms with Gasteiger partial charge >= 0.3 is 0 Å². The van der Waals surface area contributed by atoms with E-state index in [2.05, 4.69) is 38.6 Å². The van der Waals surface area contributed by atoms with Crippen molar-refractivity contribution in [2.24, 2.45) is 5.92 Å². The molecule has 3 aliphatic rings. The van der Waals surface area contributed by atoms with Gasteiger partial charge in [-0.1, -0.05) is 24.3 Å². The van der Waals surface area contributed by atoms with E-state index in [1.807, 2.05) is 12.3 Å². The number of nitrogens with one attached hydrogen (secondary N) is 1. The van der Waals surface area contributed by atoms with Crippen molar-refractivity contribution in [2.45, 2.75) is 18.9 Å². The van der Waals surface area contributed by atoms with Gasteiger partial charge in [0.2, 0.25) is 0 Å². The molecule has 3 saturated heterocycles. The lowest BCUT2D eigenvalue weighted by Crippen LogP contribution is -2.53. The van der Waals surface area contributed by atoms with Crippen molar-refractivity contribution in [1.29, 1.82) is 0 Å². The molecule has 4 nitrogen and oxygen atoms in total. The molecule has 0 radical (unpaired) electrons. The molecular formula is C15H18N4. The SMILES string of the molecule is c1ccc2c(NC3CN4CCC3CC4)nncc2c1. The number of fused-ring (bicyclic) bond motifs is 4.